The van der Waals surface area contributed by atoms with E-state index in [0.29, 0.717) is 18.6 Å². The largest absolute Gasteiger partial charge is 0.385 e. The van der Waals surface area contributed by atoms with E-state index in [1.807, 2.05) is 30.7 Å². The van der Waals surface area contributed by atoms with Crippen molar-refractivity contribution < 1.29 is 14.3 Å². The molecule has 1 aromatic carbocycles. The highest BCUT2D eigenvalue weighted by molar-refractivity contribution is 6.00. The fourth-order valence-electron chi connectivity index (χ4n) is 4.31. The first-order chi connectivity index (χ1) is 13.6. The molecule has 1 heterocycles. The van der Waals surface area contributed by atoms with E-state index < -0.39 is 5.91 Å². The molecule has 0 unspecified atom stereocenters. The Bertz CT molecular complexity index is 957. The van der Waals surface area contributed by atoms with Gasteiger partial charge in [-0.25, -0.2) is 4.68 Å². The topological polar surface area (TPSA) is 87.2 Å². The maximum Gasteiger partial charge on any atom is 0.248 e. The highest BCUT2D eigenvalue weighted by atomic mass is 16.5. The van der Waals surface area contributed by atoms with Gasteiger partial charge >= 0.3 is 0 Å². The molecule has 0 bridgehead atoms. The molecule has 6 heteroatoms. The Morgan fingerprint density at radius 2 is 1.97 bits per heavy atom. The highest BCUT2D eigenvalue weighted by Crippen LogP contribution is 2.37. The Hall–Kier alpha value is -2.47. The number of amides is 1. The average Bonchev–Trinajstić information content (AvgIpc) is 2.94. The summed E-state index contributed by atoms with van der Waals surface area (Å²) >= 11 is 0. The Morgan fingerprint density at radius 1 is 1.24 bits per heavy atom. The van der Waals surface area contributed by atoms with Gasteiger partial charge in [0.25, 0.3) is 0 Å². The van der Waals surface area contributed by atoms with E-state index in [0.717, 1.165) is 59.4 Å². The van der Waals surface area contributed by atoms with Crippen LogP contribution in [0.5, 0.6) is 0 Å². The highest BCUT2D eigenvalue weighted by Gasteiger charge is 2.36. The molecule has 1 aromatic heterocycles. The van der Waals surface area contributed by atoms with Crippen LogP contribution in [0, 0.1) is 19.3 Å². The van der Waals surface area contributed by atoms with Gasteiger partial charge in [0.15, 0.2) is 5.78 Å². The molecule has 0 aliphatic heterocycles. The minimum absolute atomic E-state index is 0.0989. The second kappa shape index (κ2) is 8.11. The summed E-state index contributed by atoms with van der Waals surface area (Å²) in [5.41, 5.74) is 11.3. The van der Waals surface area contributed by atoms with Crippen molar-refractivity contribution >= 4 is 11.7 Å². The van der Waals surface area contributed by atoms with Crippen molar-refractivity contribution in [2.75, 3.05) is 13.7 Å². The normalized spacial score (nSPS) is 15.4. The number of nitrogens with zero attached hydrogens (tertiary/aromatic N) is 2. The second-order valence-electron chi connectivity index (χ2n) is 8.87. The number of carbonyl (C=O) groups is 2. The predicted molar refractivity (Wildman–Crippen MR) is 113 cm³/mol. The molecule has 6 nitrogen and oxygen atoms in total. The van der Waals surface area contributed by atoms with Crippen LogP contribution in [0.2, 0.25) is 0 Å². The minimum Gasteiger partial charge on any atom is -0.385 e. The number of methoxy groups -OCH3 is 1. The van der Waals surface area contributed by atoms with Gasteiger partial charge in [-0.2, -0.15) is 5.10 Å². The molecule has 0 saturated heterocycles. The van der Waals surface area contributed by atoms with Gasteiger partial charge in [0.2, 0.25) is 5.91 Å². The van der Waals surface area contributed by atoms with Crippen LogP contribution in [0.3, 0.4) is 0 Å². The third kappa shape index (κ3) is 4.27. The Kier molecular flexibility index (Phi) is 5.94. The first kappa shape index (κ1) is 21.2. The van der Waals surface area contributed by atoms with Crippen LogP contribution in [0.1, 0.15) is 76.3 Å². The Labute approximate surface area is 172 Å². The molecule has 156 valence electrons. The number of unbranched alkanes of at least 4 members (excludes halogenated alkanes) is 1. The van der Waals surface area contributed by atoms with Crippen LogP contribution >= 0.6 is 0 Å². The number of ketones is 1. The zero-order valence-corrected chi connectivity index (χ0v) is 18.1. The van der Waals surface area contributed by atoms with E-state index in [1.165, 1.54) is 0 Å². The van der Waals surface area contributed by atoms with Gasteiger partial charge in [-0.05, 0) is 68.2 Å². The molecule has 29 heavy (non-hydrogen) atoms. The number of benzene rings is 1. The smallest absolute Gasteiger partial charge is 0.248 e. The third-order valence-electron chi connectivity index (χ3n) is 5.68. The number of rotatable bonds is 7. The van der Waals surface area contributed by atoms with Gasteiger partial charge in [0.1, 0.15) is 0 Å². The van der Waals surface area contributed by atoms with E-state index >= 15 is 0 Å². The van der Waals surface area contributed by atoms with Gasteiger partial charge in [-0.1, -0.05) is 13.8 Å². The van der Waals surface area contributed by atoms with Crippen molar-refractivity contribution in [2.24, 2.45) is 11.1 Å². The van der Waals surface area contributed by atoms with Crippen LogP contribution in [-0.2, 0) is 17.6 Å². The molecule has 1 amide bonds. The van der Waals surface area contributed by atoms with Crippen LogP contribution in [0.4, 0.5) is 0 Å². The summed E-state index contributed by atoms with van der Waals surface area (Å²) in [6.07, 6.45) is 3.88. The zero-order valence-electron chi connectivity index (χ0n) is 18.1. The fraction of sp³-hybridized carbons (Fsp3) is 0.522. The lowest BCUT2D eigenvalue weighted by atomic mass is 9.75. The summed E-state index contributed by atoms with van der Waals surface area (Å²) < 4.78 is 7.03. The summed E-state index contributed by atoms with van der Waals surface area (Å²) in [4.78, 5) is 24.7. The number of Topliss-reactive ketones (excluding diaryl/α,β-unsaturated/α-hetero) is 1. The van der Waals surface area contributed by atoms with Crippen molar-refractivity contribution in [2.45, 2.75) is 59.8 Å². The van der Waals surface area contributed by atoms with Crippen molar-refractivity contribution in [1.82, 2.24) is 9.78 Å². The predicted octanol–water partition coefficient (Wildman–Crippen LogP) is 3.71. The molecule has 0 spiro atoms. The van der Waals surface area contributed by atoms with Crippen molar-refractivity contribution in [1.29, 1.82) is 0 Å². The molecule has 2 aromatic rings. The van der Waals surface area contributed by atoms with Crippen molar-refractivity contribution in [3.8, 4) is 5.69 Å². The first-order valence-electron chi connectivity index (χ1n) is 10.2. The van der Waals surface area contributed by atoms with Crippen LogP contribution in [0.15, 0.2) is 12.1 Å². The number of nitrogens with two attached hydrogens (primary N) is 1. The molecule has 0 fully saturated rings. The van der Waals surface area contributed by atoms with Crippen LogP contribution < -0.4 is 5.73 Å². The van der Waals surface area contributed by atoms with E-state index in [-0.39, 0.29) is 11.2 Å². The molecule has 1 aliphatic rings. The number of hydrogen-bond acceptors (Lipinski definition) is 4. The average molecular weight is 398 g/mol. The quantitative estimate of drug-likeness (QED) is 0.722. The summed E-state index contributed by atoms with van der Waals surface area (Å²) in [6.45, 7) is 8.77. The molecule has 1 aliphatic carbocycles. The van der Waals surface area contributed by atoms with Gasteiger partial charge in [0.05, 0.1) is 22.6 Å². The Morgan fingerprint density at radius 3 is 2.62 bits per heavy atom. The summed E-state index contributed by atoms with van der Waals surface area (Å²) in [5, 5.41) is 4.72. The molecule has 0 radical (unpaired) electrons. The standard InChI is InChI=1S/C23H31N3O3/c1-14-10-17(22(24)28)16(8-6-7-9-29-5)11-18(14)26-19-12-23(3,4)13-20(27)21(19)15(2)25-26/h10-11H,6-9,12-13H2,1-5H3,(H2,24,28). The molecule has 0 saturated carbocycles. The van der Waals surface area contributed by atoms with E-state index in [4.69, 9.17) is 15.6 Å². The minimum atomic E-state index is -0.420. The van der Waals surface area contributed by atoms with Gasteiger partial charge in [-0.15, -0.1) is 0 Å². The van der Waals surface area contributed by atoms with Crippen molar-refractivity contribution in [3.63, 3.8) is 0 Å². The zero-order chi connectivity index (χ0) is 21.3. The van der Waals surface area contributed by atoms with E-state index in [2.05, 4.69) is 13.8 Å². The first-order valence-corrected chi connectivity index (χ1v) is 10.2. The van der Waals surface area contributed by atoms with Gasteiger partial charge < -0.3 is 10.5 Å². The van der Waals surface area contributed by atoms with Gasteiger partial charge in [0, 0.05) is 25.7 Å². The number of aryl methyl sites for hydroxylation is 3. The molecule has 3 rings (SSSR count). The number of aromatic nitrogens is 2. The van der Waals surface area contributed by atoms with E-state index in [9.17, 15) is 9.59 Å². The molecular weight excluding hydrogens is 366 g/mol. The lowest BCUT2D eigenvalue weighted by molar-refractivity contribution is 0.0909. The molecular formula is C23H31N3O3. The Balaban J connectivity index is 2.09. The summed E-state index contributed by atoms with van der Waals surface area (Å²) in [6, 6.07) is 3.86. The maximum absolute atomic E-state index is 12.7. The third-order valence-corrected chi connectivity index (χ3v) is 5.68. The van der Waals surface area contributed by atoms with E-state index in [1.54, 1.807) is 7.11 Å². The van der Waals surface area contributed by atoms with Gasteiger partial charge in [-0.3, -0.25) is 9.59 Å². The number of hydrogen-bond donors (Lipinski definition) is 1. The number of fused-ring (bicyclic) bond motifs is 1. The fourth-order valence-corrected chi connectivity index (χ4v) is 4.31. The second-order valence-corrected chi connectivity index (χ2v) is 8.87. The summed E-state index contributed by atoms with van der Waals surface area (Å²) in [7, 11) is 1.69. The lowest BCUT2D eigenvalue weighted by Gasteiger charge is -2.29. The van der Waals surface area contributed by atoms with Crippen LogP contribution in [0.25, 0.3) is 5.69 Å². The number of primary amides is 1. The molecule has 2 N–H and O–H groups in total. The lowest BCUT2D eigenvalue weighted by Crippen LogP contribution is -2.28. The SMILES string of the molecule is COCCCCc1cc(-n2nc(C)c3c2CC(C)(C)CC3=O)c(C)cc1C(N)=O. The monoisotopic (exact) mass is 397 g/mol. The summed E-state index contributed by atoms with van der Waals surface area (Å²) in [5.74, 6) is -0.262. The van der Waals surface area contributed by atoms with Crippen molar-refractivity contribution in [3.05, 3.63) is 45.8 Å². The number of ether oxygens (including phenoxy) is 1. The molecule has 0 atom stereocenters. The maximum atomic E-state index is 12.7. The number of carbonyl (C=O) groups excluding carboxylic acids is 2. The van der Waals surface area contributed by atoms with Crippen LogP contribution in [-0.4, -0.2) is 35.2 Å².